The first kappa shape index (κ1) is 19.9. The number of hydrogen-bond acceptors (Lipinski definition) is 5. The van der Waals surface area contributed by atoms with Crippen molar-refractivity contribution in [2.75, 3.05) is 14.2 Å². The van der Waals surface area contributed by atoms with E-state index in [1.54, 1.807) is 7.11 Å². The van der Waals surface area contributed by atoms with Gasteiger partial charge in [-0.05, 0) is 32.2 Å². The van der Waals surface area contributed by atoms with E-state index in [9.17, 15) is 13.2 Å². The maximum Gasteiger partial charge on any atom is 0.416 e. The van der Waals surface area contributed by atoms with Gasteiger partial charge < -0.3 is 9.26 Å². The van der Waals surface area contributed by atoms with E-state index in [4.69, 9.17) is 9.26 Å². The minimum Gasteiger partial charge on any atom is -0.496 e. The van der Waals surface area contributed by atoms with Gasteiger partial charge in [-0.15, -0.1) is 0 Å². The van der Waals surface area contributed by atoms with Crippen molar-refractivity contribution in [1.29, 1.82) is 0 Å². The highest BCUT2D eigenvalue weighted by molar-refractivity contribution is 5.54. The lowest BCUT2D eigenvalue weighted by atomic mass is 10.1. The van der Waals surface area contributed by atoms with Crippen molar-refractivity contribution in [2.45, 2.75) is 25.7 Å². The molecule has 148 valence electrons. The van der Waals surface area contributed by atoms with Crippen molar-refractivity contribution < 1.29 is 22.4 Å². The second-order valence-corrected chi connectivity index (χ2v) is 6.42. The van der Waals surface area contributed by atoms with E-state index in [2.05, 4.69) is 10.1 Å². The third-order valence-electron chi connectivity index (χ3n) is 4.57. The Morgan fingerprint density at radius 1 is 1.11 bits per heavy atom. The van der Waals surface area contributed by atoms with Gasteiger partial charge in [-0.2, -0.15) is 18.2 Å². The molecule has 1 atom stereocenters. The zero-order chi connectivity index (χ0) is 20.3. The first-order valence-corrected chi connectivity index (χ1v) is 8.63. The van der Waals surface area contributed by atoms with Gasteiger partial charge in [-0.25, -0.2) is 0 Å². The fourth-order valence-corrected chi connectivity index (χ4v) is 2.84. The van der Waals surface area contributed by atoms with Crippen LogP contribution in [0.5, 0.6) is 5.75 Å². The van der Waals surface area contributed by atoms with Crippen molar-refractivity contribution in [3.8, 4) is 17.1 Å². The van der Waals surface area contributed by atoms with Crippen LogP contribution in [0.15, 0.2) is 53.1 Å². The number of rotatable bonds is 6. The molecular formula is C20H20F3N3O2. The van der Waals surface area contributed by atoms with Crippen LogP contribution in [-0.2, 0) is 12.7 Å². The predicted octanol–water partition coefficient (Wildman–Crippen LogP) is 4.96. The first-order chi connectivity index (χ1) is 13.3. The highest BCUT2D eigenvalue weighted by Gasteiger charge is 2.30. The zero-order valence-corrected chi connectivity index (χ0v) is 15.7. The Morgan fingerprint density at radius 2 is 1.79 bits per heavy atom. The van der Waals surface area contributed by atoms with Gasteiger partial charge >= 0.3 is 6.18 Å². The van der Waals surface area contributed by atoms with Crippen LogP contribution in [0.1, 0.15) is 30.0 Å². The second-order valence-electron chi connectivity index (χ2n) is 6.42. The number of aromatic nitrogens is 2. The van der Waals surface area contributed by atoms with Crippen LogP contribution in [0.25, 0.3) is 11.4 Å². The molecule has 0 radical (unpaired) electrons. The Kier molecular flexibility index (Phi) is 5.69. The number of ether oxygens (including phenoxy) is 1. The molecular weight excluding hydrogens is 371 g/mol. The third-order valence-corrected chi connectivity index (χ3v) is 4.57. The molecule has 0 aliphatic heterocycles. The molecule has 1 heterocycles. The third kappa shape index (κ3) is 4.33. The highest BCUT2D eigenvalue weighted by Crippen LogP contribution is 2.31. The zero-order valence-electron chi connectivity index (χ0n) is 15.7. The number of halogens is 3. The maximum absolute atomic E-state index is 12.7. The minimum absolute atomic E-state index is 0.0255. The molecule has 3 rings (SSSR count). The van der Waals surface area contributed by atoms with Gasteiger partial charge in [-0.3, -0.25) is 4.90 Å². The van der Waals surface area contributed by atoms with Gasteiger partial charge in [0.15, 0.2) is 0 Å². The molecule has 0 N–H and O–H groups in total. The Balaban J connectivity index is 1.72. The molecule has 0 unspecified atom stereocenters. The monoisotopic (exact) mass is 391 g/mol. The van der Waals surface area contributed by atoms with Crippen molar-refractivity contribution in [3.63, 3.8) is 0 Å². The van der Waals surface area contributed by atoms with E-state index in [0.29, 0.717) is 18.0 Å². The molecule has 28 heavy (non-hydrogen) atoms. The van der Waals surface area contributed by atoms with Gasteiger partial charge in [0, 0.05) is 17.2 Å². The van der Waals surface area contributed by atoms with E-state index in [1.165, 1.54) is 12.1 Å². The van der Waals surface area contributed by atoms with Crippen molar-refractivity contribution in [1.82, 2.24) is 15.0 Å². The molecule has 0 bridgehead atoms. The van der Waals surface area contributed by atoms with Crippen LogP contribution in [0.3, 0.4) is 0 Å². The fourth-order valence-electron chi connectivity index (χ4n) is 2.84. The van der Waals surface area contributed by atoms with Crippen molar-refractivity contribution in [2.24, 2.45) is 0 Å². The summed E-state index contributed by atoms with van der Waals surface area (Å²) in [5.41, 5.74) is 0.767. The lowest BCUT2D eigenvalue weighted by Gasteiger charge is -2.24. The summed E-state index contributed by atoms with van der Waals surface area (Å²) < 4.78 is 48.7. The smallest absolute Gasteiger partial charge is 0.416 e. The molecule has 3 aromatic rings. The largest absolute Gasteiger partial charge is 0.496 e. The molecule has 0 spiro atoms. The standard InChI is InChI=1S/C20H20F3N3O2/c1-13(16-6-4-5-7-17(16)27-3)26(2)12-18-24-19(25-28-18)14-8-10-15(11-9-14)20(21,22)23/h4-11,13H,12H2,1-3H3/t13-/m0/s1. The van der Waals surface area contributed by atoms with E-state index in [-0.39, 0.29) is 11.9 Å². The minimum atomic E-state index is -4.38. The number of nitrogens with zero attached hydrogens (tertiary/aromatic N) is 3. The van der Waals surface area contributed by atoms with Crippen molar-refractivity contribution >= 4 is 0 Å². The Bertz CT molecular complexity index is 923. The van der Waals surface area contributed by atoms with E-state index in [1.807, 2.05) is 43.1 Å². The van der Waals surface area contributed by atoms with E-state index < -0.39 is 11.7 Å². The Morgan fingerprint density at radius 3 is 2.43 bits per heavy atom. The quantitative estimate of drug-likeness (QED) is 0.595. The summed E-state index contributed by atoms with van der Waals surface area (Å²) in [6, 6.07) is 12.4. The summed E-state index contributed by atoms with van der Waals surface area (Å²) in [7, 11) is 3.54. The van der Waals surface area contributed by atoms with Crippen LogP contribution in [-0.4, -0.2) is 29.2 Å². The van der Waals surface area contributed by atoms with Gasteiger partial charge in [0.25, 0.3) is 0 Å². The number of methoxy groups -OCH3 is 1. The second kappa shape index (κ2) is 8.02. The Labute approximate surface area is 160 Å². The molecule has 0 saturated heterocycles. The fraction of sp³-hybridized carbons (Fsp3) is 0.300. The molecule has 0 aliphatic carbocycles. The van der Waals surface area contributed by atoms with Crippen LogP contribution >= 0.6 is 0 Å². The van der Waals surface area contributed by atoms with E-state index in [0.717, 1.165) is 23.4 Å². The van der Waals surface area contributed by atoms with Gasteiger partial charge in [0.2, 0.25) is 11.7 Å². The average molecular weight is 391 g/mol. The van der Waals surface area contributed by atoms with Gasteiger partial charge in [0.05, 0.1) is 19.2 Å². The SMILES string of the molecule is COc1ccccc1[C@H](C)N(C)Cc1nc(-c2ccc(C(F)(F)F)cc2)no1. The highest BCUT2D eigenvalue weighted by atomic mass is 19.4. The van der Waals surface area contributed by atoms with Crippen LogP contribution in [0.2, 0.25) is 0 Å². The molecule has 0 fully saturated rings. The van der Waals surface area contributed by atoms with Crippen LogP contribution < -0.4 is 4.74 Å². The average Bonchev–Trinajstić information content (AvgIpc) is 3.15. The number of para-hydroxylation sites is 1. The molecule has 1 aromatic heterocycles. The first-order valence-electron chi connectivity index (χ1n) is 8.63. The van der Waals surface area contributed by atoms with Gasteiger partial charge in [0.1, 0.15) is 5.75 Å². The maximum atomic E-state index is 12.7. The summed E-state index contributed by atoms with van der Waals surface area (Å²) in [6.45, 7) is 2.41. The molecule has 0 saturated carbocycles. The van der Waals surface area contributed by atoms with Crippen LogP contribution in [0.4, 0.5) is 13.2 Å². The summed E-state index contributed by atoms with van der Waals surface area (Å²) in [5.74, 6) is 1.42. The van der Waals surface area contributed by atoms with Crippen LogP contribution in [0, 0.1) is 0 Å². The number of alkyl halides is 3. The molecule has 8 heteroatoms. The lowest BCUT2D eigenvalue weighted by Crippen LogP contribution is -2.22. The van der Waals surface area contributed by atoms with E-state index >= 15 is 0 Å². The lowest BCUT2D eigenvalue weighted by molar-refractivity contribution is -0.137. The Hall–Kier alpha value is -2.87. The molecule has 0 amide bonds. The summed E-state index contributed by atoms with van der Waals surface area (Å²) in [6.07, 6.45) is -4.38. The molecule has 2 aromatic carbocycles. The summed E-state index contributed by atoms with van der Waals surface area (Å²) >= 11 is 0. The predicted molar refractivity (Wildman–Crippen MR) is 97.6 cm³/mol. The molecule has 0 aliphatic rings. The normalized spacial score (nSPS) is 13.0. The summed E-state index contributed by atoms with van der Waals surface area (Å²) in [4.78, 5) is 6.31. The molecule has 5 nitrogen and oxygen atoms in total. The summed E-state index contributed by atoms with van der Waals surface area (Å²) in [5, 5.41) is 3.88. The van der Waals surface area contributed by atoms with Gasteiger partial charge in [-0.1, -0.05) is 35.5 Å². The topological polar surface area (TPSA) is 51.4 Å². The number of benzene rings is 2. The van der Waals surface area contributed by atoms with Crippen molar-refractivity contribution in [3.05, 3.63) is 65.5 Å². The number of hydrogen-bond donors (Lipinski definition) is 0.